The molecule has 38 heavy (non-hydrogen) atoms. The zero-order valence-electron chi connectivity index (χ0n) is 20.4. The Morgan fingerprint density at radius 1 is 1.11 bits per heavy atom. The molecule has 0 aliphatic carbocycles. The van der Waals surface area contributed by atoms with Gasteiger partial charge in [0.2, 0.25) is 0 Å². The van der Waals surface area contributed by atoms with Crippen LogP contribution in [0.15, 0.2) is 66.7 Å². The number of alkyl halides is 3. The Kier molecular flexibility index (Phi) is 8.29. The van der Waals surface area contributed by atoms with Crippen LogP contribution >= 0.6 is 0 Å². The lowest BCUT2D eigenvalue weighted by Crippen LogP contribution is -2.43. The molecule has 1 aliphatic rings. The Morgan fingerprint density at radius 2 is 1.87 bits per heavy atom. The molecular weight excluding hydrogens is 500 g/mol. The minimum Gasteiger partial charge on any atom is -0.395 e. The summed E-state index contributed by atoms with van der Waals surface area (Å²) in [6.45, 7) is 1.42. The lowest BCUT2D eigenvalue weighted by molar-refractivity contribution is -0.139. The number of benzene rings is 3. The molecular formula is C28H26F4N4O2. The fourth-order valence-electron chi connectivity index (χ4n) is 4.59. The van der Waals surface area contributed by atoms with E-state index in [9.17, 15) is 27.5 Å². The first-order chi connectivity index (χ1) is 18.2. The van der Waals surface area contributed by atoms with Gasteiger partial charge in [0.1, 0.15) is 5.82 Å². The van der Waals surface area contributed by atoms with Gasteiger partial charge in [-0.25, -0.2) is 9.18 Å². The van der Waals surface area contributed by atoms with Crippen molar-refractivity contribution in [3.8, 4) is 17.2 Å². The number of nitrogens with zero attached hydrogens (tertiary/aromatic N) is 3. The van der Waals surface area contributed by atoms with Gasteiger partial charge in [-0.3, -0.25) is 9.80 Å². The first kappa shape index (κ1) is 27.1. The summed E-state index contributed by atoms with van der Waals surface area (Å²) < 4.78 is 53.2. The topological polar surface area (TPSA) is 79.6 Å². The van der Waals surface area contributed by atoms with Crippen molar-refractivity contribution in [3.05, 3.63) is 83.7 Å². The number of anilines is 2. The number of carbonyl (C=O) groups excluding carboxylic acids is 1. The summed E-state index contributed by atoms with van der Waals surface area (Å²) in [5.74, 6) is -1.42. The van der Waals surface area contributed by atoms with E-state index in [2.05, 4.69) is 16.3 Å². The molecule has 3 aromatic carbocycles. The summed E-state index contributed by atoms with van der Waals surface area (Å²) in [4.78, 5) is 16.8. The fraction of sp³-hybridized carbons (Fsp3) is 0.286. The molecule has 2 N–H and O–H groups in total. The first-order valence-electron chi connectivity index (χ1n) is 12.1. The molecule has 3 aromatic rings. The number of nitrogens with one attached hydrogen (secondary N) is 1. The van der Waals surface area contributed by atoms with E-state index in [0.29, 0.717) is 29.9 Å². The number of amides is 2. The molecule has 1 heterocycles. The van der Waals surface area contributed by atoms with Crippen molar-refractivity contribution in [1.29, 1.82) is 5.26 Å². The monoisotopic (exact) mass is 526 g/mol. The summed E-state index contributed by atoms with van der Waals surface area (Å²) in [6, 6.07) is 17.8. The standard InChI is InChI=1S/C28H26F4N4O2/c29-26-11-8-22(16-25(26)28(30,31)32)34-27(38)36(14-13-35-12-2-5-24(35)18-37)23-9-6-20(7-10-23)21-4-1-3-19(15-21)17-33/h1,3-4,6-11,15-16,24,37H,2,5,12-14,18H2,(H,34,38)/t24-/m0/s1. The van der Waals surface area contributed by atoms with E-state index < -0.39 is 23.6 Å². The Labute approximate surface area is 217 Å². The van der Waals surface area contributed by atoms with Crippen molar-refractivity contribution in [2.75, 3.05) is 36.5 Å². The SMILES string of the molecule is N#Cc1cccc(-c2ccc(N(CCN3CCC[C@H]3CO)C(=O)Nc3ccc(F)c(C(F)(F)F)c3)cc2)c1. The van der Waals surface area contributed by atoms with Crippen molar-refractivity contribution < 1.29 is 27.5 Å². The van der Waals surface area contributed by atoms with Crippen LogP contribution in [-0.2, 0) is 6.18 Å². The van der Waals surface area contributed by atoms with Crippen molar-refractivity contribution in [2.24, 2.45) is 0 Å². The minimum absolute atomic E-state index is 0.00153. The van der Waals surface area contributed by atoms with Crippen LogP contribution in [0.3, 0.4) is 0 Å². The Bertz CT molecular complexity index is 1320. The minimum atomic E-state index is -4.90. The highest BCUT2D eigenvalue weighted by molar-refractivity contribution is 6.02. The predicted octanol–water partition coefficient (Wildman–Crippen LogP) is 5.88. The van der Waals surface area contributed by atoms with Gasteiger partial charge in [-0.15, -0.1) is 0 Å². The summed E-state index contributed by atoms with van der Waals surface area (Å²) in [5.41, 5.74) is 0.997. The van der Waals surface area contributed by atoms with Gasteiger partial charge in [-0.1, -0.05) is 24.3 Å². The quantitative estimate of drug-likeness (QED) is 0.377. The number of urea groups is 1. The van der Waals surface area contributed by atoms with E-state index in [1.807, 2.05) is 6.07 Å². The number of hydrogen-bond donors (Lipinski definition) is 2. The zero-order chi connectivity index (χ0) is 27.3. The molecule has 10 heteroatoms. The second-order valence-corrected chi connectivity index (χ2v) is 9.03. The number of hydrogen-bond acceptors (Lipinski definition) is 4. The average molecular weight is 527 g/mol. The molecule has 0 radical (unpaired) electrons. The van der Waals surface area contributed by atoms with Gasteiger partial charge in [0.05, 0.1) is 23.8 Å². The second kappa shape index (κ2) is 11.6. The van der Waals surface area contributed by atoms with E-state index in [1.165, 1.54) is 4.90 Å². The van der Waals surface area contributed by atoms with Crippen LogP contribution in [0.1, 0.15) is 24.0 Å². The fourth-order valence-corrected chi connectivity index (χ4v) is 4.59. The number of aliphatic hydroxyl groups is 1. The highest BCUT2D eigenvalue weighted by atomic mass is 19.4. The smallest absolute Gasteiger partial charge is 0.395 e. The molecule has 1 aliphatic heterocycles. The largest absolute Gasteiger partial charge is 0.419 e. The molecule has 2 amide bonds. The molecule has 1 atom stereocenters. The lowest BCUT2D eigenvalue weighted by Gasteiger charge is -2.28. The molecule has 0 saturated carbocycles. The number of halogens is 4. The van der Waals surface area contributed by atoms with Crippen LogP contribution in [-0.4, -0.2) is 48.3 Å². The van der Waals surface area contributed by atoms with E-state index in [1.54, 1.807) is 42.5 Å². The highest BCUT2D eigenvalue weighted by Gasteiger charge is 2.34. The number of aliphatic hydroxyl groups excluding tert-OH is 1. The van der Waals surface area contributed by atoms with Gasteiger partial charge in [0.25, 0.3) is 0 Å². The molecule has 1 saturated heterocycles. The van der Waals surface area contributed by atoms with Crippen molar-refractivity contribution in [3.63, 3.8) is 0 Å². The number of nitriles is 1. The average Bonchev–Trinajstić information content (AvgIpc) is 3.37. The molecule has 0 aromatic heterocycles. The van der Waals surface area contributed by atoms with E-state index >= 15 is 0 Å². The maximum absolute atomic E-state index is 13.7. The van der Waals surface area contributed by atoms with Crippen LogP contribution in [0.5, 0.6) is 0 Å². The number of rotatable bonds is 7. The number of carbonyl (C=O) groups is 1. The van der Waals surface area contributed by atoms with Gasteiger partial charge >= 0.3 is 12.2 Å². The van der Waals surface area contributed by atoms with Gasteiger partial charge in [0, 0.05) is 30.5 Å². The Morgan fingerprint density at radius 3 is 2.55 bits per heavy atom. The summed E-state index contributed by atoms with van der Waals surface area (Å²) >= 11 is 0. The Hall–Kier alpha value is -3.94. The first-order valence-corrected chi connectivity index (χ1v) is 12.1. The summed E-state index contributed by atoms with van der Waals surface area (Å²) in [7, 11) is 0. The molecule has 1 fully saturated rings. The molecule has 0 spiro atoms. The van der Waals surface area contributed by atoms with Crippen LogP contribution < -0.4 is 10.2 Å². The van der Waals surface area contributed by atoms with E-state index in [-0.39, 0.29) is 24.9 Å². The molecule has 0 bridgehead atoms. The molecule has 0 unspecified atom stereocenters. The molecule has 4 rings (SSSR count). The third-order valence-corrected chi connectivity index (χ3v) is 6.59. The third-order valence-electron chi connectivity index (χ3n) is 6.59. The highest BCUT2D eigenvalue weighted by Crippen LogP contribution is 2.33. The Balaban J connectivity index is 1.59. The predicted molar refractivity (Wildman–Crippen MR) is 136 cm³/mol. The lowest BCUT2D eigenvalue weighted by atomic mass is 10.0. The molecule has 6 nitrogen and oxygen atoms in total. The summed E-state index contributed by atoms with van der Waals surface area (Å²) in [5, 5.41) is 21.3. The van der Waals surface area contributed by atoms with Gasteiger partial charge < -0.3 is 10.4 Å². The molecule has 198 valence electrons. The van der Waals surface area contributed by atoms with Crippen LogP contribution in [0.25, 0.3) is 11.1 Å². The van der Waals surface area contributed by atoms with Gasteiger partial charge in [-0.05, 0) is 73.0 Å². The van der Waals surface area contributed by atoms with Gasteiger partial charge in [0.15, 0.2) is 0 Å². The maximum Gasteiger partial charge on any atom is 0.419 e. The second-order valence-electron chi connectivity index (χ2n) is 9.03. The maximum atomic E-state index is 13.7. The van der Waals surface area contributed by atoms with Crippen molar-refractivity contribution in [2.45, 2.75) is 25.1 Å². The van der Waals surface area contributed by atoms with Crippen molar-refractivity contribution in [1.82, 2.24) is 4.90 Å². The van der Waals surface area contributed by atoms with Crippen molar-refractivity contribution >= 4 is 17.4 Å². The normalized spacial score (nSPS) is 15.7. The zero-order valence-corrected chi connectivity index (χ0v) is 20.4. The van der Waals surface area contributed by atoms with Gasteiger partial charge in [-0.2, -0.15) is 18.4 Å². The van der Waals surface area contributed by atoms with E-state index in [4.69, 9.17) is 5.26 Å². The van der Waals surface area contributed by atoms with Crippen LogP contribution in [0.2, 0.25) is 0 Å². The van der Waals surface area contributed by atoms with E-state index in [0.717, 1.165) is 36.6 Å². The third kappa shape index (κ3) is 6.30. The summed E-state index contributed by atoms with van der Waals surface area (Å²) in [6.07, 6.45) is -3.14. The number of likely N-dealkylation sites (tertiary alicyclic amines) is 1. The van der Waals surface area contributed by atoms with Crippen LogP contribution in [0.4, 0.5) is 33.7 Å². The van der Waals surface area contributed by atoms with Crippen LogP contribution in [0, 0.1) is 17.1 Å².